The molecule has 1 aromatic carbocycles. The fourth-order valence-electron chi connectivity index (χ4n) is 2.49. The number of benzene rings is 1. The monoisotopic (exact) mass is 326 g/mol. The molecule has 110 valence electrons. The van der Waals surface area contributed by atoms with Crippen LogP contribution in [0.2, 0.25) is 10.0 Å². The zero-order valence-corrected chi connectivity index (χ0v) is 12.6. The number of hydrogen-bond donors (Lipinski definition) is 1. The summed E-state index contributed by atoms with van der Waals surface area (Å²) >= 11 is 12.2. The number of carbonyl (C=O) groups is 1. The maximum atomic E-state index is 12.2. The fraction of sp³-hybridized carbons (Fsp3) is 0.308. The SMILES string of the molecule is Cn1cnc(N2CC(c3c(O)ccc(Cl)c3Cl)CC2=O)n1. The summed E-state index contributed by atoms with van der Waals surface area (Å²) in [6.45, 7) is 0.358. The molecule has 1 amide bonds. The van der Waals surface area contributed by atoms with E-state index in [-0.39, 0.29) is 29.0 Å². The summed E-state index contributed by atoms with van der Waals surface area (Å²) in [6, 6.07) is 3.01. The van der Waals surface area contributed by atoms with Crippen molar-refractivity contribution in [1.29, 1.82) is 0 Å². The summed E-state index contributed by atoms with van der Waals surface area (Å²) in [5, 5.41) is 14.8. The largest absolute Gasteiger partial charge is 0.508 e. The van der Waals surface area contributed by atoms with Crippen LogP contribution in [0.1, 0.15) is 17.9 Å². The highest BCUT2D eigenvalue weighted by Crippen LogP contribution is 2.41. The van der Waals surface area contributed by atoms with Crippen LogP contribution in [0.3, 0.4) is 0 Å². The second kappa shape index (κ2) is 5.20. The van der Waals surface area contributed by atoms with E-state index < -0.39 is 0 Å². The van der Waals surface area contributed by atoms with Gasteiger partial charge in [0.05, 0.1) is 10.0 Å². The molecule has 2 aromatic rings. The van der Waals surface area contributed by atoms with Gasteiger partial charge in [-0.1, -0.05) is 23.2 Å². The van der Waals surface area contributed by atoms with E-state index in [0.29, 0.717) is 23.1 Å². The van der Waals surface area contributed by atoms with Crippen LogP contribution in [-0.2, 0) is 11.8 Å². The Morgan fingerprint density at radius 3 is 2.81 bits per heavy atom. The molecule has 8 heteroatoms. The van der Waals surface area contributed by atoms with Crippen molar-refractivity contribution in [3.63, 3.8) is 0 Å². The van der Waals surface area contributed by atoms with Crippen LogP contribution in [0.5, 0.6) is 5.75 Å². The topological polar surface area (TPSA) is 71.2 Å². The van der Waals surface area contributed by atoms with E-state index >= 15 is 0 Å². The van der Waals surface area contributed by atoms with Crippen LogP contribution < -0.4 is 4.90 Å². The molecule has 6 nitrogen and oxygen atoms in total. The normalized spacial score (nSPS) is 18.5. The molecular weight excluding hydrogens is 315 g/mol. The molecule has 0 radical (unpaired) electrons. The lowest BCUT2D eigenvalue weighted by molar-refractivity contribution is -0.117. The molecule has 1 aliphatic rings. The predicted molar refractivity (Wildman–Crippen MR) is 78.8 cm³/mol. The Balaban J connectivity index is 1.93. The summed E-state index contributed by atoms with van der Waals surface area (Å²) in [6.07, 6.45) is 1.76. The molecular formula is C13H12Cl2N4O2. The first-order valence-corrected chi connectivity index (χ1v) is 7.06. The first-order valence-electron chi connectivity index (χ1n) is 6.30. The van der Waals surface area contributed by atoms with Crippen molar-refractivity contribution in [2.45, 2.75) is 12.3 Å². The van der Waals surface area contributed by atoms with Crippen LogP contribution in [0.15, 0.2) is 18.5 Å². The molecule has 0 aliphatic carbocycles. The second-order valence-electron chi connectivity index (χ2n) is 4.92. The Morgan fingerprint density at radius 1 is 1.38 bits per heavy atom. The number of carbonyl (C=O) groups excluding carboxylic acids is 1. The van der Waals surface area contributed by atoms with Gasteiger partial charge in [-0.15, -0.1) is 5.10 Å². The minimum atomic E-state index is -0.243. The average Bonchev–Trinajstić information content (AvgIpc) is 3.01. The maximum absolute atomic E-state index is 12.2. The summed E-state index contributed by atoms with van der Waals surface area (Å²) in [5.41, 5.74) is 0.496. The lowest BCUT2D eigenvalue weighted by Crippen LogP contribution is -2.25. The maximum Gasteiger partial charge on any atom is 0.251 e. The molecule has 21 heavy (non-hydrogen) atoms. The van der Waals surface area contributed by atoms with Crippen molar-refractivity contribution in [3.05, 3.63) is 34.1 Å². The van der Waals surface area contributed by atoms with Gasteiger partial charge in [-0.2, -0.15) is 0 Å². The number of amides is 1. The molecule has 0 spiro atoms. The third kappa shape index (κ3) is 2.45. The number of rotatable bonds is 2. The average molecular weight is 327 g/mol. The van der Waals surface area contributed by atoms with Crippen LogP contribution in [-0.4, -0.2) is 32.3 Å². The molecule has 1 aliphatic heterocycles. The number of aromatic hydroxyl groups is 1. The third-order valence-corrected chi connectivity index (χ3v) is 4.29. The molecule has 0 bridgehead atoms. The van der Waals surface area contributed by atoms with Gasteiger partial charge < -0.3 is 5.11 Å². The fourth-order valence-corrected chi connectivity index (χ4v) is 2.97. The van der Waals surface area contributed by atoms with Crippen molar-refractivity contribution in [3.8, 4) is 5.75 Å². The zero-order chi connectivity index (χ0) is 15.1. The minimum absolute atomic E-state index is 0.0398. The van der Waals surface area contributed by atoms with E-state index in [9.17, 15) is 9.90 Å². The van der Waals surface area contributed by atoms with Crippen LogP contribution >= 0.6 is 23.2 Å². The number of aromatic nitrogens is 3. The Kier molecular flexibility index (Phi) is 3.51. The molecule has 1 N–H and O–H groups in total. The third-order valence-electron chi connectivity index (χ3n) is 3.47. The lowest BCUT2D eigenvalue weighted by Gasteiger charge is -2.15. The zero-order valence-electron chi connectivity index (χ0n) is 11.1. The van der Waals surface area contributed by atoms with Crippen molar-refractivity contribution in [1.82, 2.24) is 14.8 Å². The van der Waals surface area contributed by atoms with Gasteiger partial charge in [0.1, 0.15) is 12.1 Å². The number of phenols is 1. The van der Waals surface area contributed by atoms with Crippen LogP contribution in [0.25, 0.3) is 0 Å². The standard InChI is InChI=1S/C13H12Cl2N4O2/c1-18-6-16-13(17-18)19-5-7(4-10(19)21)11-9(20)3-2-8(14)12(11)15/h2-3,6-7,20H,4-5H2,1H3. The van der Waals surface area contributed by atoms with Gasteiger partial charge >= 0.3 is 0 Å². The Bertz CT molecular complexity index is 716. The molecule has 0 saturated carbocycles. The van der Waals surface area contributed by atoms with E-state index in [0.717, 1.165) is 0 Å². The minimum Gasteiger partial charge on any atom is -0.508 e. The molecule has 1 unspecified atom stereocenters. The Hall–Kier alpha value is -1.79. The summed E-state index contributed by atoms with van der Waals surface area (Å²) < 4.78 is 1.53. The molecule has 1 saturated heterocycles. The van der Waals surface area contributed by atoms with Crippen molar-refractivity contribution in [2.24, 2.45) is 7.05 Å². The Labute approximate surface area is 130 Å². The van der Waals surface area contributed by atoms with Gasteiger partial charge in [0.2, 0.25) is 5.91 Å². The van der Waals surface area contributed by atoms with E-state index in [4.69, 9.17) is 23.2 Å². The van der Waals surface area contributed by atoms with Gasteiger partial charge in [0, 0.05) is 31.5 Å². The van der Waals surface area contributed by atoms with Gasteiger partial charge in [0.25, 0.3) is 5.95 Å². The second-order valence-corrected chi connectivity index (χ2v) is 5.70. The van der Waals surface area contributed by atoms with E-state index in [1.54, 1.807) is 7.05 Å². The summed E-state index contributed by atoms with van der Waals surface area (Å²) in [7, 11) is 1.73. The van der Waals surface area contributed by atoms with Gasteiger partial charge in [-0.3, -0.25) is 14.4 Å². The smallest absolute Gasteiger partial charge is 0.251 e. The number of aryl methyl sites for hydroxylation is 1. The summed E-state index contributed by atoms with van der Waals surface area (Å²) in [4.78, 5) is 17.7. The molecule has 1 aromatic heterocycles. The highest BCUT2D eigenvalue weighted by atomic mass is 35.5. The number of phenolic OH excluding ortho intramolecular Hbond substituents is 1. The van der Waals surface area contributed by atoms with Crippen molar-refractivity contribution in [2.75, 3.05) is 11.4 Å². The predicted octanol–water partition coefficient (Wildman–Crippen LogP) is 2.35. The van der Waals surface area contributed by atoms with E-state index in [1.165, 1.54) is 28.0 Å². The van der Waals surface area contributed by atoms with Gasteiger partial charge in [0.15, 0.2) is 0 Å². The number of hydrogen-bond acceptors (Lipinski definition) is 4. The summed E-state index contributed by atoms with van der Waals surface area (Å²) in [5.74, 6) is 0.0369. The first kappa shape index (κ1) is 14.2. The first-order chi connectivity index (χ1) is 9.97. The highest BCUT2D eigenvalue weighted by Gasteiger charge is 2.36. The molecule has 1 fully saturated rings. The highest BCUT2D eigenvalue weighted by molar-refractivity contribution is 6.42. The van der Waals surface area contributed by atoms with E-state index in [1.807, 2.05) is 0 Å². The van der Waals surface area contributed by atoms with Gasteiger partial charge in [-0.25, -0.2) is 4.98 Å². The number of halogens is 2. The van der Waals surface area contributed by atoms with E-state index in [2.05, 4.69) is 10.1 Å². The lowest BCUT2D eigenvalue weighted by atomic mass is 9.97. The quantitative estimate of drug-likeness (QED) is 0.919. The molecule has 1 atom stereocenters. The molecule has 3 rings (SSSR count). The number of nitrogens with zero attached hydrogens (tertiary/aromatic N) is 4. The van der Waals surface area contributed by atoms with Crippen LogP contribution in [0.4, 0.5) is 5.95 Å². The van der Waals surface area contributed by atoms with Crippen molar-refractivity contribution >= 4 is 35.1 Å². The van der Waals surface area contributed by atoms with Crippen molar-refractivity contribution < 1.29 is 9.90 Å². The molecule has 2 heterocycles. The Morgan fingerprint density at radius 2 is 2.14 bits per heavy atom. The number of anilines is 1. The van der Waals surface area contributed by atoms with Crippen LogP contribution in [0, 0.1) is 0 Å². The van der Waals surface area contributed by atoms with Gasteiger partial charge in [-0.05, 0) is 12.1 Å².